The molecule has 3 N–H and O–H groups in total. The Morgan fingerprint density at radius 2 is 2.24 bits per heavy atom. The fourth-order valence-corrected chi connectivity index (χ4v) is 3.28. The molecule has 0 saturated heterocycles. The van der Waals surface area contributed by atoms with E-state index in [1.165, 1.54) is 5.56 Å². The van der Waals surface area contributed by atoms with Gasteiger partial charge in [-0.2, -0.15) is 0 Å². The van der Waals surface area contributed by atoms with Crippen molar-refractivity contribution in [3.8, 4) is 0 Å². The molecule has 0 aliphatic heterocycles. The van der Waals surface area contributed by atoms with Gasteiger partial charge in [-0.1, -0.05) is 24.8 Å². The molecule has 0 amide bonds. The van der Waals surface area contributed by atoms with Crippen LogP contribution in [0.2, 0.25) is 0 Å². The van der Waals surface area contributed by atoms with E-state index in [9.17, 15) is 5.11 Å². The minimum Gasteiger partial charge on any atom is -0.394 e. The summed E-state index contributed by atoms with van der Waals surface area (Å²) in [5.74, 6) is 0.923. The molecule has 1 aromatic carbocycles. The Kier molecular flexibility index (Phi) is 5.67. The quantitative estimate of drug-likeness (QED) is 0.656. The van der Waals surface area contributed by atoms with Crippen LogP contribution >= 0.6 is 11.8 Å². The van der Waals surface area contributed by atoms with E-state index in [1.54, 1.807) is 11.8 Å². The molecular formula is C16H25N3OS. The van der Waals surface area contributed by atoms with Crippen molar-refractivity contribution in [2.45, 2.75) is 44.3 Å². The number of hydrogen-bond donors (Lipinski definition) is 3. The normalized spacial score (nSPS) is 14.5. The van der Waals surface area contributed by atoms with Gasteiger partial charge in [0.1, 0.15) is 0 Å². The first-order chi connectivity index (χ1) is 10.1. The SMILES string of the molecule is CCCNC(C)(CO)CCSc1nc2ccc(C)cc2[nH]1. The minimum absolute atomic E-state index is 0.160. The minimum atomic E-state index is -0.203. The Hall–Kier alpha value is -1.04. The first-order valence-corrected chi connectivity index (χ1v) is 8.50. The van der Waals surface area contributed by atoms with E-state index in [0.29, 0.717) is 0 Å². The molecule has 1 atom stereocenters. The molecule has 5 heteroatoms. The lowest BCUT2D eigenvalue weighted by atomic mass is 10.0. The van der Waals surface area contributed by atoms with Gasteiger partial charge in [0.15, 0.2) is 5.16 Å². The molecule has 21 heavy (non-hydrogen) atoms. The topological polar surface area (TPSA) is 60.9 Å². The van der Waals surface area contributed by atoms with Crippen LogP contribution in [0, 0.1) is 6.92 Å². The number of nitrogens with zero attached hydrogens (tertiary/aromatic N) is 1. The van der Waals surface area contributed by atoms with Gasteiger partial charge >= 0.3 is 0 Å². The molecule has 0 spiro atoms. The Morgan fingerprint density at radius 3 is 2.95 bits per heavy atom. The summed E-state index contributed by atoms with van der Waals surface area (Å²) in [5, 5.41) is 13.9. The summed E-state index contributed by atoms with van der Waals surface area (Å²) in [6.45, 7) is 7.39. The number of aromatic amines is 1. The molecule has 2 rings (SSSR count). The van der Waals surface area contributed by atoms with Crippen LogP contribution in [0.1, 0.15) is 32.3 Å². The Labute approximate surface area is 130 Å². The van der Waals surface area contributed by atoms with Crippen molar-refractivity contribution in [2.75, 3.05) is 18.9 Å². The number of rotatable bonds is 8. The molecule has 0 fully saturated rings. The molecule has 0 aliphatic carbocycles. The standard InChI is InChI=1S/C16H25N3OS/c1-4-8-17-16(3,11-20)7-9-21-15-18-13-6-5-12(2)10-14(13)19-15/h5-6,10,17,20H,4,7-9,11H2,1-3H3,(H,18,19). The summed E-state index contributed by atoms with van der Waals surface area (Å²) in [5.41, 5.74) is 3.13. The zero-order valence-electron chi connectivity index (χ0n) is 13.1. The zero-order chi connectivity index (χ0) is 15.3. The van der Waals surface area contributed by atoms with E-state index < -0.39 is 0 Å². The van der Waals surface area contributed by atoms with Gasteiger partial charge in [-0.3, -0.25) is 0 Å². The lowest BCUT2D eigenvalue weighted by molar-refractivity contribution is 0.171. The number of aliphatic hydroxyl groups excluding tert-OH is 1. The predicted octanol–water partition coefficient (Wildman–Crippen LogP) is 3.10. The third-order valence-corrected chi connectivity index (χ3v) is 4.53. The molecule has 116 valence electrons. The number of benzene rings is 1. The zero-order valence-corrected chi connectivity index (χ0v) is 13.9. The fraction of sp³-hybridized carbons (Fsp3) is 0.562. The van der Waals surface area contributed by atoms with Crippen molar-refractivity contribution in [1.82, 2.24) is 15.3 Å². The van der Waals surface area contributed by atoms with E-state index in [0.717, 1.165) is 41.3 Å². The smallest absolute Gasteiger partial charge is 0.166 e. The number of H-pyrrole nitrogens is 1. The highest BCUT2D eigenvalue weighted by Crippen LogP contribution is 2.23. The van der Waals surface area contributed by atoms with E-state index in [-0.39, 0.29) is 12.1 Å². The van der Waals surface area contributed by atoms with Crippen LogP contribution in [0.4, 0.5) is 0 Å². The van der Waals surface area contributed by atoms with Gasteiger partial charge in [-0.25, -0.2) is 4.98 Å². The van der Waals surface area contributed by atoms with Crippen LogP contribution in [-0.2, 0) is 0 Å². The maximum Gasteiger partial charge on any atom is 0.166 e. The average molecular weight is 307 g/mol. The van der Waals surface area contributed by atoms with E-state index in [1.807, 2.05) is 6.07 Å². The number of fused-ring (bicyclic) bond motifs is 1. The van der Waals surface area contributed by atoms with Crippen molar-refractivity contribution in [2.24, 2.45) is 0 Å². The summed E-state index contributed by atoms with van der Waals surface area (Å²) in [4.78, 5) is 7.94. The van der Waals surface area contributed by atoms with Gasteiger partial charge < -0.3 is 15.4 Å². The van der Waals surface area contributed by atoms with Crippen LogP contribution in [0.15, 0.2) is 23.4 Å². The van der Waals surface area contributed by atoms with E-state index in [2.05, 4.69) is 48.2 Å². The molecule has 2 aromatic rings. The Morgan fingerprint density at radius 1 is 1.43 bits per heavy atom. The summed E-state index contributed by atoms with van der Waals surface area (Å²) >= 11 is 1.71. The monoisotopic (exact) mass is 307 g/mol. The van der Waals surface area contributed by atoms with Crippen LogP contribution in [-0.4, -0.2) is 39.5 Å². The number of aromatic nitrogens is 2. The largest absolute Gasteiger partial charge is 0.394 e. The van der Waals surface area contributed by atoms with Crippen molar-refractivity contribution in [1.29, 1.82) is 0 Å². The molecule has 0 aliphatic rings. The van der Waals surface area contributed by atoms with Crippen molar-refractivity contribution >= 4 is 22.8 Å². The molecule has 1 aromatic heterocycles. The Bertz CT molecular complexity index is 584. The first-order valence-electron chi connectivity index (χ1n) is 7.51. The molecule has 0 radical (unpaired) electrons. The number of thioether (sulfide) groups is 1. The van der Waals surface area contributed by atoms with Crippen molar-refractivity contribution in [3.05, 3.63) is 23.8 Å². The maximum absolute atomic E-state index is 9.56. The number of hydrogen-bond acceptors (Lipinski definition) is 4. The summed E-state index contributed by atoms with van der Waals surface area (Å²) in [7, 11) is 0. The number of imidazole rings is 1. The second-order valence-corrected chi connectivity index (χ2v) is 6.89. The maximum atomic E-state index is 9.56. The van der Waals surface area contributed by atoms with Crippen LogP contribution in [0.25, 0.3) is 11.0 Å². The number of aryl methyl sites for hydroxylation is 1. The molecular weight excluding hydrogens is 282 g/mol. The number of nitrogens with one attached hydrogen (secondary N) is 2. The molecule has 4 nitrogen and oxygen atoms in total. The van der Waals surface area contributed by atoms with Gasteiger partial charge in [-0.05, 0) is 50.9 Å². The van der Waals surface area contributed by atoms with Crippen molar-refractivity contribution < 1.29 is 5.11 Å². The highest BCUT2D eigenvalue weighted by Gasteiger charge is 2.21. The van der Waals surface area contributed by atoms with E-state index in [4.69, 9.17) is 0 Å². The van der Waals surface area contributed by atoms with Crippen LogP contribution in [0.5, 0.6) is 0 Å². The lowest BCUT2D eigenvalue weighted by Gasteiger charge is -2.28. The van der Waals surface area contributed by atoms with Gasteiger partial charge in [0.05, 0.1) is 17.6 Å². The highest BCUT2D eigenvalue weighted by atomic mass is 32.2. The summed E-state index contributed by atoms with van der Waals surface area (Å²) < 4.78 is 0. The predicted molar refractivity (Wildman–Crippen MR) is 90.0 cm³/mol. The first kappa shape index (κ1) is 16.3. The Balaban J connectivity index is 1.92. The third-order valence-electron chi connectivity index (χ3n) is 3.66. The second kappa shape index (κ2) is 7.29. The van der Waals surface area contributed by atoms with Crippen LogP contribution in [0.3, 0.4) is 0 Å². The highest BCUT2D eigenvalue weighted by molar-refractivity contribution is 7.99. The van der Waals surface area contributed by atoms with Gasteiger partial charge in [-0.15, -0.1) is 0 Å². The van der Waals surface area contributed by atoms with Crippen molar-refractivity contribution in [3.63, 3.8) is 0 Å². The molecule has 0 saturated carbocycles. The average Bonchev–Trinajstić information content (AvgIpc) is 2.87. The fourth-order valence-electron chi connectivity index (χ4n) is 2.19. The van der Waals surface area contributed by atoms with Gasteiger partial charge in [0.2, 0.25) is 0 Å². The molecule has 0 bridgehead atoms. The molecule has 1 unspecified atom stereocenters. The van der Waals surface area contributed by atoms with Gasteiger partial charge in [0, 0.05) is 11.3 Å². The van der Waals surface area contributed by atoms with Gasteiger partial charge in [0.25, 0.3) is 0 Å². The van der Waals surface area contributed by atoms with E-state index >= 15 is 0 Å². The van der Waals surface area contributed by atoms with Crippen LogP contribution < -0.4 is 5.32 Å². The second-order valence-electron chi connectivity index (χ2n) is 5.81. The summed E-state index contributed by atoms with van der Waals surface area (Å²) in [6, 6.07) is 6.24. The number of aliphatic hydroxyl groups is 1. The summed E-state index contributed by atoms with van der Waals surface area (Å²) in [6.07, 6.45) is 1.98. The third kappa shape index (κ3) is 4.46. The molecule has 1 heterocycles. The lowest BCUT2D eigenvalue weighted by Crippen LogP contribution is -2.46.